The number of benzene rings is 1. The molecule has 0 spiro atoms. The van der Waals surface area contributed by atoms with Gasteiger partial charge in [-0.25, -0.2) is 0 Å². The van der Waals surface area contributed by atoms with Crippen LogP contribution in [0.5, 0.6) is 5.75 Å². The van der Waals surface area contributed by atoms with Gasteiger partial charge in [0.2, 0.25) is 5.75 Å². The fourth-order valence-electron chi connectivity index (χ4n) is 1.17. The maximum atomic E-state index is 11.0. The number of hydrogen-bond acceptors (Lipinski definition) is 6. The van der Waals surface area contributed by atoms with Gasteiger partial charge in [-0.2, -0.15) is 8.42 Å². The van der Waals surface area contributed by atoms with E-state index in [9.17, 15) is 18.5 Å². The zero-order chi connectivity index (χ0) is 13.2. The van der Waals surface area contributed by atoms with Gasteiger partial charge in [0.25, 0.3) is 0 Å². The third-order valence-electron chi connectivity index (χ3n) is 1.86. The van der Waals surface area contributed by atoms with Crippen LogP contribution in [-0.2, 0) is 14.5 Å². The van der Waals surface area contributed by atoms with Gasteiger partial charge in [-0.05, 0) is 6.07 Å². The number of para-hydroxylation sites is 2. The van der Waals surface area contributed by atoms with Crippen LogP contribution < -0.4 is 4.74 Å². The Balaban J connectivity index is 2.28. The maximum Gasteiger partial charge on any atom is 0.431 e. The van der Waals surface area contributed by atoms with E-state index in [1.165, 1.54) is 24.3 Å². The minimum Gasteiger partial charge on any atom is -0.418 e. The van der Waals surface area contributed by atoms with Crippen molar-refractivity contribution in [2.45, 2.75) is 0 Å². The van der Waals surface area contributed by atoms with Gasteiger partial charge >= 0.3 is 21.9 Å². The van der Waals surface area contributed by atoms with Crippen molar-refractivity contribution < 1.29 is 22.3 Å². The average Bonchev–Trinajstić information content (AvgIpc) is 2.28. The molecule has 1 aromatic carbocycles. The molecule has 1 aromatic rings. The number of ether oxygens (including phenoxy) is 1. The van der Waals surface area contributed by atoms with Crippen LogP contribution in [-0.4, -0.2) is 19.6 Å². The molecule has 18 heavy (non-hydrogen) atoms. The fraction of sp³-hybridized carbons (Fsp3) is 0. The van der Waals surface area contributed by atoms with Crippen LogP contribution in [0.25, 0.3) is 0 Å². The quantitative estimate of drug-likeness (QED) is 0.602. The van der Waals surface area contributed by atoms with E-state index in [2.05, 4.69) is 8.58 Å². The van der Waals surface area contributed by atoms with Crippen molar-refractivity contribution in [1.82, 2.24) is 0 Å². The van der Waals surface area contributed by atoms with Crippen LogP contribution in [0.2, 0.25) is 0 Å². The molecule has 1 heterocycles. The molecule has 94 valence electrons. The van der Waals surface area contributed by atoms with Crippen LogP contribution in [0.15, 0.2) is 40.7 Å². The van der Waals surface area contributed by atoms with Gasteiger partial charge in [0.05, 0.1) is 11.1 Å². The summed E-state index contributed by atoms with van der Waals surface area (Å²) in [5.41, 5.74) is -0.304. The minimum absolute atomic E-state index is 0.126. The van der Waals surface area contributed by atoms with E-state index in [4.69, 9.17) is 4.74 Å². The SMILES string of the molecule is O=[N+]([O-])c1ccccc1OC1=CC=NS(=O)(=O)O1. The van der Waals surface area contributed by atoms with Crippen molar-refractivity contribution >= 4 is 22.2 Å². The summed E-state index contributed by atoms with van der Waals surface area (Å²) in [6.07, 6.45) is 2.10. The second kappa shape index (κ2) is 4.45. The zero-order valence-electron chi connectivity index (χ0n) is 8.72. The molecule has 0 fully saturated rings. The molecule has 0 aromatic heterocycles. The maximum absolute atomic E-state index is 11.0. The van der Waals surface area contributed by atoms with Crippen molar-refractivity contribution in [3.8, 4) is 5.75 Å². The first-order valence-electron chi connectivity index (χ1n) is 4.59. The molecule has 1 aliphatic heterocycles. The topological polar surface area (TPSA) is 108 Å². The minimum atomic E-state index is -4.08. The molecule has 0 aliphatic carbocycles. The first-order chi connectivity index (χ1) is 8.48. The molecule has 8 nitrogen and oxygen atoms in total. The van der Waals surface area contributed by atoms with Gasteiger partial charge in [-0.3, -0.25) is 10.1 Å². The first-order valence-corrected chi connectivity index (χ1v) is 5.96. The number of nitro benzene ring substituents is 1. The fourth-order valence-corrected chi connectivity index (χ4v) is 1.72. The van der Waals surface area contributed by atoms with E-state index in [0.29, 0.717) is 0 Å². The third kappa shape index (κ3) is 2.63. The lowest BCUT2D eigenvalue weighted by molar-refractivity contribution is -0.385. The van der Waals surface area contributed by atoms with Crippen LogP contribution in [0.3, 0.4) is 0 Å². The number of allylic oxidation sites excluding steroid dienone is 1. The largest absolute Gasteiger partial charge is 0.431 e. The van der Waals surface area contributed by atoms with E-state index in [-0.39, 0.29) is 11.4 Å². The lowest BCUT2D eigenvalue weighted by Gasteiger charge is -2.10. The summed E-state index contributed by atoms with van der Waals surface area (Å²) >= 11 is 0. The highest BCUT2D eigenvalue weighted by Crippen LogP contribution is 2.28. The average molecular weight is 270 g/mol. The molecule has 2 rings (SSSR count). The number of rotatable bonds is 3. The molecular weight excluding hydrogens is 264 g/mol. The Hall–Kier alpha value is -2.42. The molecule has 0 saturated heterocycles. The van der Waals surface area contributed by atoms with E-state index in [1.54, 1.807) is 0 Å². The molecule has 1 aliphatic rings. The van der Waals surface area contributed by atoms with E-state index >= 15 is 0 Å². The molecule has 0 unspecified atom stereocenters. The Labute approximate surface area is 102 Å². The van der Waals surface area contributed by atoms with Crippen LogP contribution in [0, 0.1) is 10.1 Å². The van der Waals surface area contributed by atoms with Gasteiger partial charge in [0, 0.05) is 12.1 Å². The number of hydrogen-bond donors (Lipinski definition) is 0. The number of nitro groups is 1. The first kappa shape index (κ1) is 12.0. The summed E-state index contributed by atoms with van der Waals surface area (Å²) in [6.45, 7) is 0. The summed E-state index contributed by atoms with van der Waals surface area (Å²) in [4.78, 5) is 10.1. The van der Waals surface area contributed by atoms with E-state index in [1.807, 2.05) is 0 Å². The van der Waals surface area contributed by atoms with Crippen LogP contribution in [0.1, 0.15) is 0 Å². The smallest absolute Gasteiger partial charge is 0.418 e. The Morgan fingerprint density at radius 3 is 2.72 bits per heavy atom. The normalized spacial score (nSPS) is 16.6. The highest BCUT2D eigenvalue weighted by Gasteiger charge is 2.21. The van der Waals surface area contributed by atoms with E-state index in [0.717, 1.165) is 12.3 Å². The predicted octanol–water partition coefficient (Wildman–Crippen LogP) is 1.16. The Morgan fingerprint density at radius 2 is 2.06 bits per heavy atom. The lowest BCUT2D eigenvalue weighted by atomic mass is 10.3. The molecule has 0 N–H and O–H groups in total. The molecule has 0 atom stereocenters. The summed E-state index contributed by atoms with van der Waals surface area (Å²) in [5.74, 6) is -0.529. The van der Waals surface area contributed by atoms with Crippen LogP contribution >= 0.6 is 0 Å². The number of nitrogens with zero attached hydrogens (tertiary/aromatic N) is 2. The summed E-state index contributed by atoms with van der Waals surface area (Å²) in [6, 6.07) is 5.51. The van der Waals surface area contributed by atoms with Crippen molar-refractivity contribution in [2.24, 2.45) is 4.40 Å². The zero-order valence-corrected chi connectivity index (χ0v) is 9.53. The predicted molar refractivity (Wildman–Crippen MR) is 60.3 cm³/mol. The van der Waals surface area contributed by atoms with Gasteiger partial charge in [-0.1, -0.05) is 12.1 Å². The van der Waals surface area contributed by atoms with Gasteiger partial charge in [-0.15, -0.1) is 4.40 Å². The highest BCUT2D eigenvalue weighted by atomic mass is 32.2. The molecular formula is C9H6N2O6S. The van der Waals surface area contributed by atoms with Crippen molar-refractivity contribution in [1.29, 1.82) is 0 Å². The van der Waals surface area contributed by atoms with Gasteiger partial charge in [0.15, 0.2) is 0 Å². The van der Waals surface area contributed by atoms with Crippen molar-refractivity contribution in [3.05, 3.63) is 46.4 Å². The summed E-state index contributed by atoms with van der Waals surface area (Å²) < 4.78 is 34.4. The molecule has 0 bridgehead atoms. The van der Waals surface area contributed by atoms with E-state index < -0.39 is 21.2 Å². The second-order valence-electron chi connectivity index (χ2n) is 3.08. The lowest BCUT2D eigenvalue weighted by Crippen LogP contribution is -2.11. The molecule has 0 saturated carbocycles. The van der Waals surface area contributed by atoms with Gasteiger partial charge < -0.3 is 8.92 Å². The summed E-state index contributed by atoms with van der Waals surface area (Å²) in [7, 11) is -4.08. The van der Waals surface area contributed by atoms with Crippen molar-refractivity contribution in [2.75, 3.05) is 0 Å². The standard InChI is InChI=1S/C9H6N2O6S/c12-11(13)7-3-1-2-4-8(7)16-9-5-6-10-18(14,15)17-9/h1-6H. The highest BCUT2D eigenvalue weighted by molar-refractivity contribution is 7.85. The Bertz CT molecular complexity index is 649. The van der Waals surface area contributed by atoms with Crippen molar-refractivity contribution in [3.63, 3.8) is 0 Å². The third-order valence-corrected chi connectivity index (χ3v) is 2.62. The Kier molecular flexibility index (Phi) is 2.98. The van der Waals surface area contributed by atoms with Gasteiger partial charge in [0.1, 0.15) is 0 Å². The molecule has 0 radical (unpaired) electrons. The van der Waals surface area contributed by atoms with Crippen LogP contribution in [0.4, 0.5) is 5.69 Å². The monoisotopic (exact) mass is 270 g/mol. The Morgan fingerprint density at radius 1 is 1.33 bits per heavy atom. The molecule has 0 amide bonds. The molecule has 9 heteroatoms. The second-order valence-corrected chi connectivity index (χ2v) is 4.31. The summed E-state index contributed by atoms with van der Waals surface area (Å²) in [5, 5.41) is 10.7.